The number of nitrogens with zero attached hydrogens (tertiary/aromatic N) is 4. The van der Waals surface area contributed by atoms with E-state index in [-0.39, 0.29) is 11.5 Å². The highest BCUT2D eigenvalue weighted by Crippen LogP contribution is 2.36. The van der Waals surface area contributed by atoms with Crippen molar-refractivity contribution in [3.63, 3.8) is 0 Å². The third-order valence-corrected chi connectivity index (χ3v) is 4.88. The van der Waals surface area contributed by atoms with Gasteiger partial charge in [-0.15, -0.1) is 10.2 Å². The van der Waals surface area contributed by atoms with Crippen molar-refractivity contribution in [3.05, 3.63) is 12.2 Å². The van der Waals surface area contributed by atoms with E-state index in [2.05, 4.69) is 46.2 Å². The summed E-state index contributed by atoms with van der Waals surface area (Å²) in [6, 6.07) is 0. The van der Waals surface area contributed by atoms with Crippen LogP contribution in [0.25, 0.3) is 0 Å². The first-order chi connectivity index (χ1) is 11.6. The van der Waals surface area contributed by atoms with Crippen LogP contribution in [0.15, 0.2) is 11.3 Å². The molecule has 1 saturated carbocycles. The van der Waals surface area contributed by atoms with Gasteiger partial charge in [-0.2, -0.15) is 0 Å². The molecule has 0 aromatic carbocycles. The number of aliphatic hydroxyl groups excluding tert-OH is 1. The lowest BCUT2D eigenvalue weighted by atomic mass is 9.73. The Bertz CT molecular complexity index is 529. The van der Waals surface area contributed by atoms with E-state index >= 15 is 0 Å². The van der Waals surface area contributed by atoms with Crippen molar-refractivity contribution in [1.29, 1.82) is 0 Å². The van der Waals surface area contributed by atoms with E-state index in [0.717, 1.165) is 57.1 Å². The van der Waals surface area contributed by atoms with E-state index in [4.69, 9.17) is 4.99 Å². The number of guanidine groups is 1. The Kier molecular flexibility index (Phi) is 7.02. The van der Waals surface area contributed by atoms with Crippen molar-refractivity contribution in [3.8, 4) is 0 Å². The highest BCUT2D eigenvalue weighted by molar-refractivity contribution is 5.79. The molecule has 2 unspecified atom stereocenters. The third kappa shape index (κ3) is 4.93. The zero-order chi connectivity index (χ0) is 17.4. The molecule has 1 aromatic rings. The van der Waals surface area contributed by atoms with Crippen LogP contribution in [0, 0.1) is 5.41 Å². The minimum atomic E-state index is -0.248. The average molecular weight is 336 g/mol. The molecule has 136 valence electrons. The Morgan fingerprint density at radius 1 is 1.42 bits per heavy atom. The van der Waals surface area contributed by atoms with E-state index in [0.29, 0.717) is 6.54 Å². The molecule has 0 saturated heterocycles. The molecule has 1 fully saturated rings. The van der Waals surface area contributed by atoms with Gasteiger partial charge >= 0.3 is 0 Å². The zero-order valence-corrected chi connectivity index (χ0v) is 15.3. The lowest BCUT2D eigenvalue weighted by Gasteiger charge is -2.37. The number of rotatable bonds is 7. The van der Waals surface area contributed by atoms with Crippen LogP contribution in [0.3, 0.4) is 0 Å². The summed E-state index contributed by atoms with van der Waals surface area (Å²) < 4.78 is 2.06. The number of aromatic nitrogens is 3. The fourth-order valence-corrected chi connectivity index (χ4v) is 3.20. The van der Waals surface area contributed by atoms with Crippen LogP contribution >= 0.6 is 0 Å². The maximum atomic E-state index is 10.3. The van der Waals surface area contributed by atoms with Crippen molar-refractivity contribution in [2.45, 2.75) is 65.5 Å². The largest absolute Gasteiger partial charge is 0.392 e. The predicted octanol–water partition coefficient (Wildman–Crippen LogP) is 1.34. The fraction of sp³-hybridized carbons (Fsp3) is 0.824. The molecule has 0 radical (unpaired) electrons. The Morgan fingerprint density at radius 2 is 2.25 bits per heavy atom. The van der Waals surface area contributed by atoms with Gasteiger partial charge in [0, 0.05) is 31.5 Å². The second-order valence-electron chi connectivity index (χ2n) is 6.83. The summed E-state index contributed by atoms with van der Waals surface area (Å²) in [6.45, 7) is 9.32. The Labute approximate surface area is 145 Å². The standard InChI is InChI=1S/C17H32N6O/c1-4-15-22-21-13-23(15)11-10-19-16(18-5-2)20-12-17(3)9-7-6-8-14(17)24/h13-14,24H,4-12H2,1-3H3,(H2,18,19,20). The molecule has 0 spiro atoms. The van der Waals surface area contributed by atoms with Gasteiger partial charge < -0.3 is 20.3 Å². The summed E-state index contributed by atoms with van der Waals surface area (Å²) in [7, 11) is 0. The molecule has 0 bridgehead atoms. The molecule has 1 aromatic heterocycles. The molecule has 24 heavy (non-hydrogen) atoms. The van der Waals surface area contributed by atoms with Gasteiger partial charge in [0.15, 0.2) is 5.96 Å². The monoisotopic (exact) mass is 336 g/mol. The lowest BCUT2D eigenvalue weighted by Crippen LogP contribution is -2.42. The Hall–Kier alpha value is -1.63. The van der Waals surface area contributed by atoms with Gasteiger partial charge in [-0.1, -0.05) is 26.7 Å². The number of aliphatic imine (C=N–C) groups is 1. The minimum Gasteiger partial charge on any atom is -0.392 e. The average Bonchev–Trinajstić information content (AvgIpc) is 3.03. The van der Waals surface area contributed by atoms with Crippen LogP contribution in [0.5, 0.6) is 0 Å². The number of hydrogen-bond acceptors (Lipinski definition) is 4. The highest BCUT2D eigenvalue weighted by atomic mass is 16.3. The summed E-state index contributed by atoms with van der Waals surface area (Å²) in [4.78, 5) is 4.71. The van der Waals surface area contributed by atoms with Gasteiger partial charge in [0.25, 0.3) is 0 Å². The Morgan fingerprint density at radius 3 is 2.96 bits per heavy atom. The quantitative estimate of drug-likeness (QED) is 0.517. The topological polar surface area (TPSA) is 87.4 Å². The van der Waals surface area contributed by atoms with Crippen LogP contribution in [0.1, 0.15) is 52.3 Å². The molecular formula is C17H32N6O. The highest BCUT2D eigenvalue weighted by Gasteiger charge is 2.35. The number of aryl methyl sites for hydroxylation is 1. The van der Waals surface area contributed by atoms with Crippen molar-refractivity contribution < 1.29 is 5.11 Å². The maximum absolute atomic E-state index is 10.3. The number of nitrogens with one attached hydrogen (secondary N) is 2. The first-order valence-corrected chi connectivity index (χ1v) is 9.16. The van der Waals surface area contributed by atoms with E-state index in [1.54, 1.807) is 6.33 Å². The molecule has 1 aliphatic carbocycles. The second-order valence-corrected chi connectivity index (χ2v) is 6.83. The smallest absolute Gasteiger partial charge is 0.191 e. The van der Waals surface area contributed by atoms with Crippen LogP contribution in [-0.4, -0.2) is 51.6 Å². The summed E-state index contributed by atoms with van der Waals surface area (Å²) >= 11 is 0. The van der Waals surface area contributed by atoms with E-state index in [9.17, 15) is 5.11 Å². The minimum absolute atomic E-state index is 0.107. The van der Waals surface area contributed by atoms with E-state index < -0.39 is 0 Å². The molecule has 1 aliphatic rings. The molecule has 2 atom stereocenters. The first kappa shape index (κ1) is 18.7. The second kappa shape index (κ2) is 9.01. The molecule has 0 amide bonds. The van der Waals surface area contributed by atoms with E-state index in [1.165, 1.54) is 6.42 Å². The fourth-order valence-electron chi connectivity index (χ4n) is 3.20. The van der Waals surface area contributed by atoms with Crippen molar-refractivity contribution in [2.75, 3.05) is 19.6 Å². The predicted molar refractivity (Wildman–Crippen MR) is 96.0 cm³/mol. The van der Waals surface area contributed by atoms with Crippen LogP contribution < -0.4 is 10.6 Å². The van der Waals surface area contributed by atoms with Gasteiger partial charge in [0.1, 0.15) is 12.2 Å². The summed E-state index contributed by atoms with van der Waals surface area (Å²) in [5.41, 5.74) is -0.107. The van der Waals surface area contributed by atoms with E-state index in [1.807, 2.05) is 0 Å². The molecule has 3 N–H and O–H groups in total. The normalized spacial score (nSPS) is 24.8. The number of hydrogen-bond donors (Lipinski definition) is 3. The molecule has 2 rings (SSSR count). The van der Waals surface area contributed by atoms with Gasteiger partial charge in [-0.05, 0) is 19.8 Å². The van der Waals surface area contributed by atoms with Crippen LogP contribution in [0.4, 0.5) is 0 Å². The summed E-state index contributed by atoms with van der Waals surface area (Å²) in [5, 5.41) is 25.0. The molecule has 1 heterocycles. The zero-order valence-electron chi connectivity index (χ0n) is 15.3. The van der Waals surface area contributed by atoms with Gasteiger partial charge in [-0.25, -0.2) is 0 Å². The summed E-state index contributed by atoms with van der Waals surface area (Å²) in [5.74, 6) is 1.80. The Balaban J connectivity index is 1.88. The van der Waals surface area contributed by atoms with Crippen LogP contribution in [-0.2, 0) is 13.0 Å². The molecular weight excluding hydrogens is 304 g/mol. The lowest BCUT2D eigenvalue weighted by molar-refractivity contribution is 0.00716. The third-order valence-electron chi connectivity index (χ3n) is 4.88. The summed E-state index contributed by atoms with van der Waals surface area (Å²) in [6.07, 6.45) is 6.63. The first-order valence-electron chi connectivity index (χ1n) is 9.16. The molecule has 7 heteroatoms. The van der Waals surface area contributed by atoms with Gasteiger partial charge in [0.2, 0.25) is 0 Å². The van der Waals surface area contributed by atoms with Gasteiger partial charge in [-0.3, -0.25) is 4.99 Å². The molecule has 7 nitrogen and oxygen atoms in total. The van der Waals surface area contributed by atoms with Gasteiger partial charge in [0.05, 0.1) is 12.6 Å². The number of aliphatic hydroxyl groups is 1. The SMILES string of the molecule is CCNC(=NCC1(C)CCCCC1O)NCCn1cnnc1CC. The van der Waals surface area contributed by atoms with Crippen molar-refractivity contribution in [1.82, 2.24) is 25.4 Å². The van der Waals surface area contributed by atoms with Crippen molar-refractivity contribution in [2.24, 2.45) is 10.4 Å². The van der Waals surface area contributed by atoms with Crippen molar-refractivity contribution >= 4 is 5.96 Å². The maximum Gasteiger partial charge on any atom is 0.191 e. The molecule has 0 aliphatic heterocycles. The van der Waals surface area contributed by atoms with Crippen LogP contribution in [0.2, 0.25) is 0 Å².